The number of carbonyl (C=O) groups is 2. The SMILES string of the molecule is CNC(=O)c1nccnc1NC(=O)c1ccccc1. The van der Waals surface area contributed by atoms with Crippen molar-refractivity contribution in [2.75, 3.05) is 12.4 Å². The first-order chi connectivity index (χ1) is 9.22. The number of nitrogens with one attached hydrogen (secondary N) is 2. The Hall–Kier alpha value is -2.76. The lowest BCUT2D eigenvalue weighted by Gasteiger charge is -2.07. The van der Waals surface area contributed by atoms with Crippen LogP contribution < -0.4 is 10.6 Å². The summed E-state index contributed by atoms with van der Waals surface area (Å²) in [6.45, 7) is 0. The molecule has 0 saturated heterocycles. The number of amides is 2. The molecule has 1 heterocycles. The predicted octanol–water partition coefficient (Wildman–Crippen LogP) is 1.09. The van der Waals surface area contributed by atoms with Gasteiger partial charge >= 0.3 is 0 Å². The molecule has 2 rings (SSSR count). The third kappa shape index (κ3) is 2.92. The monoisotopic (exact) mass is 256 g/mol. The molecule has 19 heavy (non-hydrogen) atoms. The minimum atomic E-state index is -0.406. The van der Waals surface area contributed by atoms with Gasteiger partial charge in [0.05, 0.1) is 0 Å². The maximum absolute atomic E-state index is 12.0. The fraction of sp³-hybridized carbons (Fsp3) is 0.0769. The Morgan fingerprint density at radius 2 is 1.68 bits per heavy atom. The predicted molar refractivity (Wildman–Crippen MR) is 69.8 cm³/mol. The summed E-state index contributed by atoms with van der Waals surface area (Å²) in [5.41, 5.74) is 0.560. The van der Waals surface area contributed by atoms with Gasteiger partial charge in [-0.2, -0.15) is 0 Å². The van der Waals surface area contributed by atoms with Gasteiger partial charge in [-0.25, -0.2) is 9.97 Å². The van der Waals surface area contributed by atoms with Crippen LogP contribution in [0.15, 0.2) is 42.7 Å². The number of benzene rings is 1. The van der Waals surface area contributed by atoms with Crippen molar-refractivity contribution in [3.05, 3.63) is 54.0 Å². The van der Waals surface area contributed by atoms with Crippen molar-refractivity contribution in [3.8, 4) is 0 Å². The van der Waals surface area contributed by atoms with E-state index in [1.807, 2.05) is 6.07 Å². The summed E-state index contributed by atoms with van der Waals surface area (Å²) in [6, 6.07) is 8.67. The van der Waals surface area contributed by atoms with Crippen LogP contribution >= 0.6 is 0 Å². The van der Waals surface area contributed by atoms with Crippen molar-refractivity contribution in [2.45, 2.75) is 0 Å². The first-order valence-electron chi connectivity index (χ1n) is 5.62. The van der Waals surface area contributed by atoms with Gasteiger partial charge in [0.25, 0.3) is 11.8 Å². The van der Waals surface area contributed by atoms with Crippen LogP contribution in [0.2, 0.25) is 0 Å². The molecule has 0 aliphatic heterocycles. The van der Waals surface area contributed by atoms with E-state index in [-0.39, 0.29) is 17.4 Å². The van der Waals surface area contributed by atoms with Crippen LogP contribution in [-0.4, -0.2) is 28.8 Å². The molecule has 6 heteroatoms. The molecule has 1 aromatic carbocycles. The average molecular weight is 256 g/mol. The first kappa shape index (κ1) is 12.7. The molecule has 0 aliphatic carbocycles. The van der Waals surface area contributed by atoms with Crippen LogP contribution in [-0.2, 0) is 0 Å². The van der Waals surface area contributed by atoms with Gasteiger partial charge in [0.15, 0.2) is 11.5 Å². The minimum Gasteiger partial charge on any atom is -0.354 e. The lowest BCUT2D eigenvalue weighted by Crippen LogP contribution is -2.23. The van der Waals surface area contributed by atoms with Gasteiger partial charge in [-0.15, -0.1) is 0 Å². The number of carbonyl (C=O) groups excluding carboxylic acids is 2. The fourth-order valence-corrected chi connectivity index (χ4v) is 1.48. The van der Waals surface area contributed by atoms with Crippen molar-refractivity contribution < 1.29 is 9.59 Å². The second-order valence-corrected chi connectivity index (χ2v) is 3.65. The van der Waals surface area contributed by atoms with Crippen molar-refractivity contribution in [3.63, 3.8) is 0 Å². The highest BCUT2D eigenvalue weighted by molar-refractivity contribution is 6.07. The number of rotatable bonds is 3. The molecule has 0 bridgehead atoms. The molecule has 0 saturated carbocycles. The summed E-state index contributed by atoms with van der Waals surface area (Å²) in [5, 5.41) is 5.01. The van der Waals surface area contributed by atoms with Crippen molar-refractivity contribution in [1.82, 2.24) is 15.3 Å². The van der Waals surface area contributed by atoms with E-state index >= 15 is 0 Å². The Morgan fingerprint density at radius 1 is 1.00 bits per heavy atom. The van der Waals surface area contributed by atoms with Crippen molar-refractivity contribution in [1.29, 1.82) is 0 Å². The molecular formula is C13H12N4O2. The molecule has 0 atom stereocenters. The highest BCUT2D eigenvalue weighted by Crippen LogP contribution is 2.10. The molecule has 0 radical (unpaired) electrons. The summed E-state index contributed by atoms with van der Waals surface area (Å²) in [7, 11) is 1.49. The zero-order valence-electron chi connectivity index (χ0n) is 10.3. The van der Waals surface area contributed by atoms with Gasteiger partial charge in [0.1, 0.15) is 0 Å². The number of aromatic nitrogens is 2. The number of anilines is 1. The second kappa shape index (κ2) is 5.72. The molecule has 1 aromatic heterocycles. The molecule has 0 aliphatic rings. The number of hydrogen-bond acceptors (Lipinski definition) is 4. The number of nitrogens with zero attached hydrogens (tertiary/aromatic N) is 2. The Labute approximate surface area is 109 Å². The third-order valence-electron chi connectivity index (χ3n) is 2.41. The molecule has 6 nitrogen and oxygen atoms in total. The van der Waals surface area contributed by atoms with E-state index in [1.54, 1.807) is 24.3 Å². The van der Waals surface area contributed by atoms with Crippen LogP contribution in [0.3, 0.4) is 0 Å². The normalized spacial score (nSPS) is 9.74. The van der Waals surface area contributed by atoms with E-state index in [2.05, 4.69) is 20.6 Å². The third-order valence-corrected chi connectivity index (χ3v) is 2.41. The van der Waals surface area contributed by atoms with Gasteiger partial charge in [0.2, 0.25) is 0 Å². The zero-order valence-corrected chi connectivity index (χ0v) is 10.3. The smallest absolute Gasteiger partial charge is 0.273 e. The van der Waals surface area contributed by atoms with E-state index in [0.717, 1.165) is 0 Å². The lowest BCUT2D eigenvalue weighted by atomic mass is 10.2. The largest absolute Gasteiger partial charge is 0.354 e. The molecule has 2 aromatic rings. The molecule has 0 fully saturated rings. The van der Waals surface area contributed by atoms with Gasteiger partial charge in [-0.3, -0.25) is 9.59 Å². The van der Waals surface area contributed by atoms with Crippen molar-refractivity contribution >= 4 is 17.6 Å². The van der Waals surface area contributed by atoms with Crippen LogP contribution in [0.4, 0.5) is 5.82 Å². The molecule has 2 amide bonds. The highest BCUT2D eigenvalue weighted by Gasteiger charge is 2.15. The Bertz CT molecular complexity index is 599. The van der Waals surface area contributed by atoms with E-state index in [0.29, 0.717) is 5.56 Å². The molecular weight excluding hydrogens is 244 g/mol. The first-order valence-corrected chi connectivity index (χ1v) is 5.62. The average Bonchev–Trinajstić information content (AvgIpc) is 2.48. The van der Waals surface area contributed by atoms with Gasteiger partial charge < -0.3 is 10.6 Å². The van der Waals surface area contributed by atoms with Crippen LogP contribution in [0.5, 0.6) is 0 Å². The standard InChI is InChI=1S/C13H12N4O2/c1-14-13(19)10-11(16-8-7-15-10)17-12(18)9-5-3-2-4-6-9/h2-8H,1H3,(H,14,19)(H,16,17,18). The summed E-state index contributed by atoms with van der Waals surface area (Å²) >= 11 is 0. The van der Waals surface area contributed by atoms with Gasteiger partial charge in [0, 0.05) is 25.0 Å². The topological polar surface area (TPSA) is 84.0 Å². The molecule has 96 valence electrons. The fourth-order valence-electron chi connectivity index (χ4n) is 1.48. The van der Waals surface area contributed by atoms with Gasteiger partial charge in [-0.1, -0.05) is 18.2 Å². The summed E-state index contributed by atoms with van der Waals surface area (Å²) in [6.07, 6.45) is 2.80. The summed E-state index contributed by atoms with van der Waals surface area (Å²) in [5.74, 6) is -0.613. The summed E-state index contributed by atoms with van der Waals surface area (Å²) < 4.78 is 0. The van der Waals surface area contributed by atoms with Crippen LogP contribution in [0.1, 0.15) is 20.8 Å². The van der Waals surface area contributed by atoms with Crippen LogP contribution in [0.25, 0.3) is 0 Å². The van der Waals surface area contributed by atoms with Gasteiger partial charge in [-0.05, 0) is 12.1 Å². The second-order valence-electron chi connectivity index (χ2n) is 3.65. The minimum absolute atomic E-state index is 0.0780. The van der Waals surface area contributed by atoms with Crippen LogP contribution in [0, 0.1) is 0 Å². The Morgan fingerprint density at radius 3 is 2.37 bits per heavy atom. The van der Waals surface area contributed by atoms with E-state index < -0.39 is 5.91 Å². The maximum atomic E-state index is 12.0. The summed E-state index contributed by atoms with van der Waals surface area (Å²) in [4.78, 5) is 31.4. The molecule has 2 N–H and O–H groups in total. The van der Waals surface area contributed by atoms with E-state index in [1.165, 1.54) is 19.4 Å². The quantitative estimate of drug-likeness (QED) is 0.861. The highest BCUT2D eigenvalue weighted by atomic mass is 16.2. The zero-order chi connectivity index (χ0) is 13.7. The van der Waals surface area contributed by atoms with Crippen molar-refractivity contribution in [2.24, 2.45) is 0 Å². The Balaban J connectivity index is 2.25. The molecule has 0 unspecified atom stereocenters. The molecule has 0 spiro atoms. The van der Waals surface area contributed by atoms with E-state index in [4.69, 9.17) is 0 Å². The van der Waals surface area contributed by atoms with E-state index in [9.17, 15) is 9.59 Å². The Kier molecular flexibility index (Phi) is 3.82. The maximum Gasteiger partial charge on any atom is 0.273 e. The number of hydrogen-bond donors (Lipinski definition) is 2. The lowest BCUT2D eigenvalue weighted by molar-refractivity contribution is 0.0959.